The molecule has 0 rings (SSSR count). The van der Waals surface area contributed by atoms with Crippen LogP contribution in [0.5, 0.6) is 0 Å². The first kappa shape index (κ1) is 103. The molecular weight excluding hydrogens is 1380 g/mol. The average Bonchev–Trinajstić information content (AvgIpc) is 0.919. The summed E-state index contributed by atoms with van der Waals surface area (Å²) in [5.41, 5.74) is 0. The van der Waals surface area contributed by atoms with Crippen molar-refractivity contribution in [3.8, 4) is 0 Å². The maximum Gasteiger partial charge on any atom is 0.472 e. The van der Waals surface area contributed by atoms with Crippen molar-refractivity contribution in [2.45, 2.75) is 438 Å². The van der Waals surface area contributed by atoms with Crippen molar-refractivity contribution in [1.29, 1.82) is 0 Å². The summed E-state index contributed by atoms with van der Waals surface area (Å²) in [6, 6.07) is -2.08. The van der Waals surface area contributed by atoms with Crippen LogP contribution in [0.25, 0.3) is 0 Å². The molecule has 0 aliphatic carbocycles. The molecule has 21 nitrogen and oxygen atoms in total. The second-order valence-corrected chi connectivity index (χ2v) is 33.2. The summed E-state index contributed by atoms with van der Waals surface area (Å²) in [5.74, 6) is -0.703. The molecular formula is C83H166N6O15P2. The largest absolute Gasteiger partial charge is 0.472 e. The van der Waals surface area contributed by atoms with Crippen LogP contribution in [0.1, 0.15) is 414 Å². The van der Waals surface area contributed by atoms with Crippen LogP contribution in [0.3, 0.4) is 0 Å². The number of ether oxygens (including phenoxy) is 2. The lowest BCUT2D eigenvalue weighted by Gasteiger charge is -2.22. The maximum atomic E-state index is 13.3. The SMILES string of the molecule is CCCCCCCCCCCCCC(=O)N[C@H](CNCC[C@@H](CCCCCCC)OC(=O)CCCCCCCCCCC)COP(=O)(O)OCCNC(=O)NCCOP(=O)(O)OC[C@@H](CNCC[C@@H](CCCCCCC)OC(=O)CCCCCCCCCCC)NC(=O)CCCCCCCCCCCCC. The zero-order valence-corrected chi connectivity index (χ0v) is 70.8. The predicted octanol–water partition coefficient (Wildman–Crippen LogP) is 21.3. The molecule has 0 aromatic rings. The van der Waals surface area contributed by atoms with Gasteiger partial charge in [-0.25, -0.2) is 13.9 Å². The molecule has 23 heteroatoms. The summed E-state index contributed by atoms with van der Waals surface area (Å²) in [7, 11) is -9.34. The van der Waals surface area contributed by atoms with Crippen molar-refractivity contribution in [2.75, 3.05) is 65.7 Å². The third-order valence-electron chi connectivity index (χ3n) is 19.8. The summed E-state index contributed by atoms with van der Waals surface area (Å²) in [5, 5.41) is 17.8. The number of phosphoric acid groups is 2. The Balaban J connectivity index is 5.56. The van der Waals surface area contributed by atoms with Gasteiger partial charge in [0.25, 0.3) is 0 Å². The number of esters is 2. The van der Waals surface area contributed by atoms with Crippen molar-refractivity contribution >= 4 is 45.4 Å². The molecule has 0 fully saturated rings. The van der Waals surface area contributed by atoms with Crippen molar-refractivity contribution in [1.82, 2.24) is 31.9 Å². The van der Waals surface area contributed by atoms with E-state index in [2.05, 4.69) is 73.4 Å². The average molecular weight is 1550 g/mol. The highest BCUT2D eigenvalue weighted by Crippen LogP contribution is 2.44. The van der Waals surface area contributed by atoms with Gasteiger partial charge in [0, 0.05) is 51.9 Å². The molecule has 106 heavy (non-hydrogen) atoms. The van der Waals surface area contributed by atoms with Crippen molar-refractivity contribution in [3.05, 3.63) is 0 Å². The lowest BCUT2D eigenvalue weighted by Crippen LogP contribution is -2.45. The Morgan fingerprint density at radius 2 is 0.547 bits per heavy atom. The Labute approximate surface area is 648 Å². The predicted molar refractivity (Wildman–Crippen MR) is 436 cm³/mol. The van der Waals surface area contributed by atoms with Gasteiger partial charge in [-0.2, -0.15) is 0 Å². The van der Waals surface area contributed by atoms with Crippen molar-refractivity contribution in [3.63, 3.8) is 0 Å². The number of rotatable bonds is 84. The third-order valence-corrected chi connectivity index (χ3v) is 21.8. The van der Waals surface area contributed by atoms with E-state index in [1.165, 1.54) is 180 Å². The highest BCUT2D eigenvalue weighted by molar-refractivity contribution is 7.47. The molecule has 0 saturated carbocycles. The number of hydrogen-bond acceptors (Lipinski definition) is 15. The number of nitrogens with one attached hydrogen (secondary N) is 6. The molecule has 4 amide bonds. The van der Waals surface area contributed by atoms with Crippen LogP contribution in [0.2, 0.25) is 0 Å². The number of phosphoric ester groups is 2. The number of unbranched alkanes of at least 4 members (excludes halogenated alkanes) is 44. The summed E-state index contributed by atoms with van der Waals surface area (Å²) >= 11 is 0. The van der Waals surface area contributed by atoms with E-state index in [1.807, 2.05) is 0 Å². The molecule has 0 heterocycles. The molecule has 628 valence electrons. The monoisotopic (exact) mass is 1550 g/mol. The topological polar surface area (TPSA) is 288 Å². The minimum absolute atomic E-state index is 0.164. The Kier molecular flexibility index (Phi) is 75.6. The van der Waals surface area contributed by atoms with Gasteiger partial charge in [0.2, 0.25) is 11.8 Å². The molecule has 0 bridgehead atoms. The molecule has 0 saturated heterocycles. The van der Waals surface area contributed by atoms with Gasteiger partial charge in [-0.1, -0.05) is 324 Å². The Morgan fingerprint density at radius 3 is 0.821 bits per heavy atom. The highest BCUT2D eigenvalue weighted by Gasteiger charge is 2.27. The van der Waals surface area contributed by atoms with Gasteiger partial charge < -0.3 is 51.2 Å². The van der Waals surface area contributed by atoms with Crippen LogP contribution in [0.4, 0.5) is 4.79 Å². The molecule has 0 spiro atoms. The molecule has 0 aliphatic heterocycles. The zero-order valence-electron chi connectivity index (χ0n) is 69.0. The van der Waals surface area contributed by atoms with E-state index in [0.29, 0.717) is 51.6 Å². The number of carbonyl (C=O) groups excluding carboxylic acids is 5. The second-order valence-electron chi connectivity index (χ2n) is 30.2. The molecule has 2 unspecified atom stereocenters. The van der Waals surface area contributed by atoms with Gasteiger partial charge in [0.15, 0.2) is 0 Å². The van der Waals surface area contributed by atoms with Crippen LogP contribution in [-0.2, 0) is 55.9 Å². The highest BCUT2D eigenvalue weighted by atomic mass is 31.2. The summed E-state index contributed by atoms with van der Waals surface area (Å²) in [6.45, 7) is 12.8. The van der Waals surface area contributed by atoms with Crippen LogP contribution >= 0.6 is 15.6 Å². The van der Waals surface area contributed by atoms with E-state index in [4.69, 9.17) is 27.6 Å². The zero-order chi connectivity index (χ0) is 77.8. The molecule has 0 aromatic heterocycles. The number of amides is 4. The maximum absolute atomic E-state index is 13.3. The fraction of sp³-hybridized carbons (Fsp3) is 0.940. The first-order chi connectivity index (χ1) is 51.5. The molecule has 0 radical (unpaired) electrons. The fourth-order valence-electron chi connectivity index (χ4n) is 13.2. The van der Waals surface area contributed by atoms with Crippen LogP contribution < -0.4 is 31.9 Å². The molecule has 0 aliphatic rings. The first-order valence-corrected chi connectivity index (χ1v) is 47.2. The lowest BCUT2D eigenvalue weighted by molar-refractivity contribution is -0.150. The smallest absolute Gasteiger partial charge is 0.462 e. The number of urea groups is 1. The van der Waals surface area contributed by atoms with Gasteiger partial charge in [-0.05, 0) is 77.3 Å². The van der Waals surface area contributed by atoms with Gasteiger partial charge >= 0.3 is 33.6 Å². The standard InChI is InChI=1S/C83H166N6O15P2/c1-7-13-19-25-29-33-35-39-41-47-53-59-79(90)88-75(71-84-65-63-77(57-51-45-23-17-11-5)103-81(92)61-55-49-43-37-31-27-21-15-9-3)73-101-105(95,96)99-69-67-86-83(94)87-68-70-100-106(97,98)102-74-76(89-80(91)60-54-48-42-40-36-34-30-26-20-14-8-2)72-85-66-64-78(58-52-46-24-18-12-6)104-82(93)62-56-50-44-38-32-28-22-16-10-4/h75-78,84-85H,7-74H2,1-6H3,(H,88,90)(H,89,91)(H,95,96)(H,97,98)(H2,86,87,94)/t75-,76-,77-,78-/m1/s1. The molecule has 8 N–H and O–H groups in total. The van der Waals surface area contributed by atoms with Crippen LogP contribution in [0, 0.1) is 0 Å². The minimum atomic E-state index is -4.67. The van der Waals surface area contributed by atoms with Crippen LogP contribution in [0.15, 0.2) is 0 Å². The lowest BCUT2D eigenvalue weighted by atomic mass is 10.1. The molecule has 6 atom stereocenters. The van der Waals surface area contributed by atoms with E-state index in [9.17, 15) is 42.9 Å². The van der Waals surface area contributed by atoms with E-state index >= 15 is 0 Å². The quantitative estimate of drug-likeness (QED) is 0.0160. The normalized spacial score (nSPS) is 13.9. The van der Waals surface area contributed by atoms with Gasteiger partial charge in [0.1, 0.15) is 12.2 Å². The van der Waals surface area contributed by atoms with Gasteiger partial charge in [-0.15, -0.1) is 0 Å². The Morgan fingerprint density at radius 1 is 0.302 bits per heavy atom. The van der Waals surface area contributed by atoms with Crippen LogP contribution in [-0.4, -0.2) is 130 Å². The van der Waals surface area contributed by atoms with E-state index in [-0.39, 0.29) is 75.4 Å². The van der Waals surface area contributed by atoms with Crippen molar-refractivity contribution in [2.24, 2.45) is 0 Å². The summed E-state index contributed by atoms with van der Waals surface area (Å²) in [6.07, 6.45) is 61.0. The third kappa shape index (κ3) is 74.1. The Hall–Kier alpha value is -2.71. The van der Waals surface area contributed by atoms with Crippen molar-refractivity contribution < 1.29 is 70.5 Å². The van der Waals surface area contributed by atoms with E-state index in [1.54, 1.807) is 0 Å². The number of hydrogen-bond donors (Lipinski definition) is 8. The van der Waals surface area contributed by atoms with Gasteiger partial charge in [0.05, 0.1) is 38.5 Å². The van der Waals surface area contributed by atoms with E-state index < -0.39 is 47.0 Å². The minimum Gasteiger partial charge on any atom is -0.462 e. The second kappa shape index (κ2) is 77.6. The Bertz CT molecular complexity index is 1970. The first-order valence-electron chi connectivity index (χ1n) is 44.2. The number of carbonyl (C=O) groups is 5. The summed E-state index contributed by atoms with van der Waals surface area (Å²) < 4.78 is 59.8. The van der Waals surface area contributed by atoms with E-state index in [0.717, 1.165) is 154 Å². The summed E-state index contributed by atoms with van der Waals surface area (Å²) in [4.78, 5) is 87.0. The fourth-order valence-corrected chi connectivity index (χ4v) is 14.7. The van der Waals surface area contributed by atoms with Gasteiger partial charge in [-0.3, -0.25) is 37.3 Å². The molecule has 0 aromatic carbocycles.